The zero-order valence-corrected chi connectivity index (χ0v) is 13.6. The Bertz CT molecular complexity index is 1030. The Kier molecular flexibility index (Phi) is 4.72. The van der Waals surface area contributed by atoms with Gasteiger partial charge >= 0.3 is 6.18 Å². The van der Waals surface area contributed by atoms with Crippen LogP contribution in [0.5, 0.6) is 11.5 Å². The van der Waals surface area contributed by atoms with Gasteiger partial charge in [0.1, 0.15) is 6.54 Å². The number of hydrazone groups is 1. The number of phenols is 2. The van der Waals surface area contributed by atoms with Gasteiger partial charge in [-0.3, -0.25) is 4.79 Å². The first-order chi connectivity index (χ1) is 12.8. The summed E-state index contributed by atoms with van der Waals surface area (Å²) in [6.45, 7) is -0.631. The van der Waals surface area contributed by atoms with Crippen molar-refractivity contribution in [2.24, 2.45) is 5.10 Å². The maximum Gasteiger partial charge on any atom is 0.449 e. The van der Waals surface area contributed by atoms with E-state index >= 15 is 0 Å². The number of rotatable bonds is 4. The van der Waals surface area contributed by atoms with Crippen LogP contribution in [0.1, 0.15) is 11.4 Å². The van der Waals surface area contributed by atoms with Gasteiger partial charge in [-0.1, -0.05) is 12.1 Å². The van der Waals surface area contributed by atoms with E-state index < -0.39 is 24.5 Å². The Morgan fingerprint density at radius 3 is 2.63 bits per heavy atom. The third-order valence-electron chi connectivity index (χ3n) is 3.61. The molecule has 1 heterocycles. The van der Waals surface area contributed by atoms with E-state index in [-0.39, 0.29) is 22.5 Å². The zero-order chi connectivity index (χ0) is 19.6. The van der Waals surface area contributed by atoms with Gasteiger partial charge in [-0.05, 0) is 35.9 Å². The van der Waals surface area contributed by atoms with Gasteiger partial charge < -0.3 is 14.8 Å². The summed E-state index contributed by atoms with van der Waals surface area (Å²) in [5.41, 5.74) is 2.79. The average molecular weight is 378 g/mol. The molecule has 0 radical (unpaired) electrons. The summed E-state index contributed by atoms with van der Waals surface area (Å²) in [7, 11) is 0. The third kappa shape index (κ3) is 4.00. The zero-order valence-electron chi connectivity index (χ0n) is 13.6. The molecule has 3 N–H and O–H groups in total. The number of fused-ring (bicyclic) bond motifs is 1. The van der Waals surface area contributed by atoms with Crippen molar-refractivity contribution >= 4 is 23.2 Å². The number of aromatic nitrogens is 2. The van der Waals surface area contributed by atoms with Crippen LogP contribution in [-0.4, -0.2) is 31.9 Å². The molecule has 140 valence electrons. The van der Waals surface area contributed by atoms with E-state index in [0.29, 0.717) is 5.56 Å². The van der Waals surface area contributed by atoms with E-state index in [1.807, 2.05) is 0 Å². The topological polar surface area (TPSA) is 99.7 Å². The largest absolute Gasteiger partial charge is 0.504 e. The Labute approximate surface area is 150 Å². The molecule has 1 aromatic heterocycles. The lowest BCUT2D eigenvalue weighted by Gasteiger charge is -2.10. The fraction of sp³-hybridized carbons (Fsp3) is 0.118. The smallest absolute Gasteiger partial charge is 0.449 e. The molecule has 0 unspecified atom stereocenters. The number of nitrogens with one attached hydrogen (secondary N) is 1. The van der Waals surface area contributed by atoms with Crippen molar-refractivity contribution < 1.29 is 28.2 Å². The van der Waals surface area contributed by atoms with Gasteiger partial charge in [0.15, 0.2) is 11.5 Å². The van der Waals surface area contributed by atoms with Crippen LogP contribution in [-0.2, 0) is 17.5 Å². The van der Waals surface area contributed by atoms with E-state index in [1.165, 1.54) is 36.5 Å². The van der Waals surface area contributed by atoms with Crippen LogP contribution in [0, 0.1) is 0 Å². The number of benzene rings is 2. The molecule has 27 heavy (non-hydrogen) atoms. The minimum Gasteiger partial charge on any atom is -0.504 e. The molecule has 1 amide bonds. The second kappa shape index (κ2) is 6.98. The number of hydrogen-bond donors (Lipinski definition) is 3. The number of halogens is 3. The highest BCUT2D eigenvalue weighted by molar-refractivity contribution is 5.84. The Morgan fingerprint density at radius 2 is 1.93 bits per heavy atom. The second-order valence-corrected chi connectivity index (χ2v) is 5.55. The first-order valence-electron chi connectivity index (χ1n) is 7.62. The summed E-state index contributed by atoms with van der Waals surface area (Å²) in [6.07, 6.45) is -3.54. The highest BCUT2D eigenvalue weighted by atomic mass is 19.4. The molecule has 0 aliphatic heterocycles. The van der Waals surface area contributed by atoms with Gasteiger partial charge in [0.05, 0.1) is 17.2 Å². The number of alkyl halides is 3. The summed E-state index contributed by atoms with van der Waals surface area (Å²) < 4.78 is 40.3. The molecule has 0 bridgehead atoms. The van der Waals surface area contributed by atoms with E-state index in [4.69, 9.17) is 0 Å². The van der Waals surface area contributed by atoms with E-state index in [9.17, 15) is 28.2 Å². The summed E-state index contributed by atoms with van der Waals surface area (Å²) in [4.78, 5) is 15.6. The molecular weight excluding hydrogens is 365 g/mol. The van der Waals surface area contributed by atoms with E-state index in [0.717, 1.165) is 4.57 Å². The standard InChI is InChI=1S/C17H13F3N4O3/c18-17(19,20)16-22-11-3-1-2-4-12(11)24(16)9-15(27)23-21-8-10-5-6-13(25)14(26)7-10/h1-8,25-26H,9H2,(H,23,27). The first-order valence-corrected chi connectivity index (χ1v) is 7.62. The number of phenolic OH excluding ortho intramolecular Hbond substituents is 2. The summed E-state index contributed by atoms with van der Waals surface area (Å²) in [5.74, 6) is -2.65. The average Bonchev–Trinajstić information content (AvgIpc) is 2.97. The van der Waals surface area contributed by atoms with Crippen molar-refractivity contribution in [1.29, 1.82) is 0 Å². The lowest BCUT2D eigenvalue weighted by atomic mass is 10.2. The van der Waals surface area contributed by atoms with Crippen molar-refractivity contribution in [3.05, 3.63) is 53.9 Å². The van der Waals surface area contributed by atoms with Crippen LogP contribution in [0.2, 0.25) is 0 Å². The Balaban J connectivity index is 1.77. The molecule has 7 nitrogen and oxygen atoms in total. The van der Waals surface area contributed by atoms with Crippen molar-refractivity contribution in [1.82, 2.24) is 15.0 Å². The molecule has 2 aromatic carbocycles. The lowest BCUT2D eigenvalue weighted by molar-refractivity contribution is -0.147. The number of hydrogen-bond acceptors (Lipinski definition) is 5. The van der Waals surface area contributed by atoms with Crippen LogP contribution in [0.4, 0.5) is 13.2 Å². The molecule has 3 aromatic rings. The fourth-order valence-electron chi connectivity index (χ4n) is 2.43. The van der Waals surface area contributed by atoms with E-state index in [2.05, 4.69) is 15.5 Å². The third-order valence-corrected chi connectivity index (χ3v) is 3.61. The molecular formula is C17H13F3N4O3. The number of carbonyl (C=O) groups is 1. The van der Waals surface area contributed by atoms with Gasteiger partial charge in [0.2, 0.25) is 5.82 Å². The maximum atomic E-state index is 13.2. The SMILES string of the molecule is O=C(Cn1c(C(F)(F)F)nc2ccccc21)NN=Cc1ccc(O)c(O)c1. The Morgan fingerprint density at radius 1 is 1.19 bits per heavy atom. The summed E-state index contributed by atoms with van der Waals surface area (Å²) in [6, 6.07) is 9.82. The molecule has 10 heteroatoms. The molecule has 0 aliphatic carbocycles. The fourth-order valence-corrected chi connectivity index (χ4v) is 2.43. The number of amides is 1. The van der Waals surface area contributed by atoms with Gasteiger partial charge in [-0.2, -0.15) is 18.3 Å². The molecule has 0 aliphatic rings. The predicted octanol–water partition coefficient (Wildman–Crippen LogP) is 2.62. The molecule has 0 saturated carbocycles. The molecule has 0 fully saturated rings. The van der Waals surface area contributed by atoms with Gasteiger partial charge in [-0.25, -0.2) is 10.4 Å². The monoisotopic (exact) mass is 378 g/mol. The van der Waals surface area contributed by atoms with Crippen LogP contribution < -0.4 is 5.43 Å². The van der Waals surface area contributed by atoms with Crippen LogP contribution in [0.3, 0.4) is 0 Å². The second-order valence-electron chi connectivity index (χ2n) is 5.55. The van der Waals surface area contributed by atoms with Gasteiger partial charge in [0, 0.05) is 0 Å². The van der Waals surface area contributed by atoms with Crippen molar-refractivity contribution in [2.45, 2.75) is 12.7 Å². The number of imidazole rings is 1. The quantitative estimate of drug-likeness (QED) is 0.369. The Hall–Kier alpha value is -3.56. The first kappa shape index (κ1) is 18.2. The van der Waals surface area contributed by atoms with E-state index in [1.54, 1.807) is 12.1 Å². The minimum atomic E-state index is -4.72. The van der Waals surface area contributed by atoms with Crippen molar-refractivity contribution in [2.75, 3.05) is 0 Å². The number of para-hydroxylation sites is 2. The number of nitrogens with zero attached hydrogens (tertiary/aromatic N) is 3. The molecule has 0 atom stereocenters. The molecule has 0 saturated heterocycles. The normalized spacial score (nSPS) is 12.0. The van der Waals surface area contributed by atoms with Gasteiger partial charge in [0.25, 0.3) is 5.91 Å². The maximum absolute atomic E-state index is 13.2. The van der Waals surface area contributed by atoms with Crippen molar-refractivity contribution in [3.63, 3.8) is 0 Å². The summed E-state index contributed by atoms with van der Waals surface area (Å²) >= 11 is 0. The summed E-state index contributed by atoms with van der Waals surface area (Å²) in [5, 5.41) is 22.2. The number of carbonyl (C=O) groups excluding carboxylic acids is 1. The molecule has 0 spiro atoms. The van der Waals surface area contributed by atoms with Crippen LogP contribution in [0.15, 0.2) is 47.6 Å². The van der Waals surface area contributed by atoms with Gasteiger partial charge in [-0.15, -0.1) is 0 Å². The highest BCUT2D eigenvalue weighted by Gasteiger charge is 2.37. The number of aromatic hydroxyl groups is 2. The highest BCUT2D eigenvalue weighted by Crippen LogP contribution is 2.31. The predicted molar refractivity (Wildman–Crippen MR) is 90.2 cm³/mol. The minimum absolute atomic E-state index is 0.126. The molecule has 3 rings (SSSR count). The van der Waals surface area contributed by atoms with Crippen LogP contribution in [0.25, 0.3) is 11.0 Å². The van der Waals surface area contributed by atoms with Crippen LogP contribution >= 0.6 is 0 Å². The lowest BCUT2D eigenvalue weighted by Crippen LogP contribution is -2.26. The van der Waals surface area contributed by atoms with Crippen molar-refractivity contribution in [3.8, 4) is 11.5 Å².